The van der Waals surface area contributed by atoms with E-state index in [1.54, 1.807) is 36.6 Å². The molecule has 0 aliphatic carbocycles. The van der Waals surface area contributed by atoms with Crippen LogP contribution in [-0.2, 0) is 4.84 Å². The fourth-order valence-corrected chi connectivity index (χ4v) is 4.14. The monoisotopic (exact) mass is 465 g/mol. The zero-order chi connectivity index (χ0) is 23.3. The number of hydrogen-bond donors (Lipinski definition) is 0. The highest BCUT2D eigenvalue weighted by Crippen LogP contribution is 2.31. The first-order valence-corrected chi connectivity index (χ1v) is 11.0. The Bertz CT molecular complexity index is 928. The SMILES string of the molecule is Fc1ccc(C2C=CON2CCCN2CCN(c3ccccc3OCC(F)(F)F)CC2)cc1. The van der Waals surface area contributed by atoms with Gasteiger partial charge in [-0.05, 0) is 48.9 Å². The highest BCUT2D eigenvalue weighted by Gasteiger charge is 2.29. The molecular formula is C24H27F4N3O2. The molecule has 4 rings (SSSR count). The minimum absolute atomic E-state index is 0.0318. The Kier molecular flexibility index (Phi) is 7.39. The summed E-state index contributed by atoms with van der Waals surface area (Å²) in [6, 6.07) is 13.3. The molecule has 0 N–H and O–H groups in total. The van der Waals surface area contributed by atoms with Crippen LogP contribution in [0.2, 0.25) is 0 Å². The van der Waals surface area contributed by atoms with Crippen molar-refractivity contribution in [1.82, 2.24) is 9.96 Å². The number of piperazine rings is 1. The molecule has 1 atom stereocenters. The third-order valence-corrected chi connectivity index (χ3v) is 5.80. The lowest BCUT2D eigenvalue weighted by Crippen LogP contribution is -2.47. The molecule has 0 radical (unpaired) electrons. The fraction of sp³-hybridized carbons (Fsp3) is 0.417. The van der Waals surface area contributed by atoms with Gasteiger partial charge in [-0.15, -0.1) is 5.06 Å². The molecule has 0 aromatic heterocycles. The highest BCUT2D eigenvalue weighted by atomic mass is 19.4. The Balaban J connectivity index is 1.23. The van der Waals surface area contributed by atoms with Gasteiger partial charge in [0.15, 0.2) is 6.61 Å². The number of para-hydroxylation sites is 2. The van der Waals surface area contributed by atoms with Crippen LogP contribution in [-0.4, -0.2) is 62.0 Å². The van der Waals surface area contributed by atoms with E-state index in [1.807, 2.05) is 17.2 Å². The lowest BCUT2D eigenvalue weighted by Gasteiger charge is -2.37. The van der Waals surface area contributed by atoms with Crippen molar-refractivity contribution in [2.45, 2.75) is 18.6 Å². The lowest BCUT2D eigenvalue weighted by atomic mass is 10.1. The van der Waals surface area contributed by atoms with Gasteiger partial charge < -0.3 is 14.5 Å². The molecule has 33 heavy (non-hydrogen) atoms. The smallest absolute Gasteiger partial charge is 0.422 e. The van der Waals surface area contributed by atoms with Crippen molar-refractivity contribution >= 4 is 5.69 Å². The number of anilines is 1. The zero-order valence-corrected chi connectivity index (χ0v) is 18.2. The number of rotatable bonds is 8. The largest absolute Gasteiger partial charge is 0.482 e. The van der Waals surface area contributed by atoms with Crippen molar-refractivity contribution < 1.29 is 27.1 Å². The van der Waals surface area contributed by atoms with E-state index >= 15 is 0 Å². The molecule has 0 amide bonds. The van der Waals surface area contributed by atoms with E-state index in [4.69, 9.17) is 9.57 Å². The summed E-state index contributed by atoms with van der Waals surface area (Å²) in [7, 11) is 0. The molecule has 1 unspecified atom stereocenters. The second kappa shape index (κ2) is 10.4. The average Bonchev–Trinajstić information content (AvgIpc) is 3.27. The Morgan fingerprint density at radius 2 is 1.67 bits per heavy atom. The van der Waals surface area contributed by atoms with Crippen molar-refractivity contribution in [2.75, 3.05) is 50.8 Å². The predicted octanol–water partition coefficient (Wildman–Crippen LogP) is 4.78. The first kappa shape index (κ1) is 23.4. The van der Waals surface area contributed by atoms with E-state index in [1.165, 1.54) is 12.1 Å². The summed E-state index contributed by atoms with van der Waals surface area (Å²) in [6.07, 6.45) is 0.135. The molecule has 0 saturated carbocycles. The Hall–Kier alpha value is -2.78. The minimum Gasteiger partial charge on any atom is -0.482 e. The third kappa shape index (κ3) is 6.39. The fourth-order valence-electron chi connectivity index (χ4n) is 4.14. The van der Waals surface area contributed by atoms with Crippen LogP contribution in [0, 0.1) is 5.82 Å². The van der Waals surface area contributed by atoms with Crippen LogP contribution in [0.3, 0.4) is 0 Å². The van der Waals surface area contributed by atoms with E-state index < -0.39 is 12.8 Å². The second-order valence-electron chi connectivity index (χ2n) is 8.12. The molecule has 0 spiro atoms. The summed E-state index contributed by atoms with van der Waals surface area (Å²) in [5, 5.41) is 1.89. The van der Waals surface area contributed by atoms with Crippen LogP contribution in [0.15, 0.2) is 60.9 Å². The molecule has 2 aromatic carbocycles. The van der Waals surface area contributed by atoms with Gasteiger partial charge >= 0.3 is 6.18 Å². The van der Waals surface area contributed by atoms with E-state index in [9.17, 15) is 17.6 Å². The maximum absolute atomic E-state index is 13.2. The number of hydroxylamine groups is 2. The maximum Gasteiger partial charge on any atom is 0.422 e. The molecule has 5 nitrogen and oxygen atoms in total. The Morgan fingerprint density at radius 1 is 0.939 bits per heavy atom. The van der Waals surface area contributed by atoms with Gasteiger partial charge in [-0.3, -0.25) is 4.90 Å². The summed E-state index contributed by atoms with van der Waals surface area (Å²) >= 11 is 0. The van der Waals surface area contributed by atoms with Gasteiger partial charge in [0.05, 0.1) is 11.7 Å². The highest BCUT2D eigenvalue weighted by molar-refractivity contribution is 5.58. The molecule has 0 bridgehead atoms. The number of nitrogens with zero attached hydrogens (tertiary/aromatic N) is 3. The van der Waals surface area contributed by atoms with Gasteiger partial charge in [0, 0.05) is 32.7 Å². The van der Waals surface area contributed by atoms with Crippen molar-refractivity contribution in [3.05, 3.63) is 72.2 Å². The molecule has 2 aromatic rings. The molecular weight excluding hydrogens is 438 g/mol. The summed E-state index contributed by atoms with van der Waals surface area (Å²) < 4.78 is 55.9. The molecule has 2 aliphatic heterocycles. The van der Waals surface area contributed by atoms with Crippen LogP contribution in [0.5, 0.6) is 5.75 Å². The molecule has 1 saturated heterocycles. The average molecular weight is 465 g/mol. The van der Waals surface area contributed by atoms with Gasteiger partial charge in [-0.1, -0.05) is 24.3 Å². The second-order valence-corrected chi connectivity index (χ2v) is 8.12. The first-order chi connectivity index (χ1) is 15.9. The molecule has 2 heterocycles. The van der Waals surface area contributed by atoms with E-state index in [0.717, 1.165) is 38.2 Å². The standard InChI is InChI=1S/C24H27F4N3O2/c25-20-8-6-19(7-9-20)21-10-17-33-31(21)12-3-11-29-13-15-30(16-14-29)22-4-1-2-5-23(22)32-18-24(26,27)28/h1-2,4-10,17,21H,3,11-16,18H2. The molecule has 9 heteroatoms. The molecule has 1 fully saturated rings. The van der Waals surface area contributed by atoms with E-state index in [0.29, 0.717) is 18.8 Å². The van der Waals surface area contributed by atoms with Crippen LogP contribution in [0.4, 0.5) is 23.2 Å². The van der Waals surface area contributed by atoms with E-state index in [2.05, 4.69) is 9.80 Å². The number of hydrogen-bond acceptors (Lipinski definition) is 5. The van der Waals surface area contributed by atoms with Crippen molar-refractivity contribution in [3.8, 4) is 5.75 Å². The summed E-state index contributed by atoms with van der Waals surface area (Å²) in [5.41, 5.74) is 1.67. The summed E-state index contributed by atoms with van der Waals surface area (Å²) in [5.74, 6) is -0.00401. The van der Waals surface area contributed by atoms with Gasteiger partial charge in [-0.2, -0.15) is 13.2 Å². The zero-order valence-electron chi connectivity index (χ0n) is 18.2. The van der Waals surface area contributed by atoms with Gasteiger partial charge in [0.2, 0.25) is 0 Å². The quantitative estimate of drug-likeness (QED) is 0.524. The summed E-state index contributed by atoms with van der Waals surface area (Å²) in [4.78, 5) is 10.0. The van der Waals surface area contributed by atoms with Crippen LogP contribution >= 0.6 is 0 Å². The first-order valence-electron chi connectivity index (χ1n) is 11.0. The minimum atomic E-state index is -4.36. The predicted molar refractivity (Wildman–Crippen MR) is 117 cm³/mol. The van der Waals surface area contributed by atoms with E-state index in [-0.39, 0.29) is 17.6 Å². The van der Waals surface area contributed by atoms with Crippen LogP contribution in [0.25, 0.3) is 0 Å². The van der Waals surface area contributed by atoms with Gasteiger partial charge in [-0.25, -0.2) is 4.39 Å². The van der Waals surface area contributed by atoms with Crippen molar-refractivity contribution in [3.63, 3.8) is 0 Å². The number of halogens is 4. The topological polar surface area (TPSA) is 28.2 Å². The number of ether oxygens (including phenoxy) is 1. The van der Waals surface area contributed by atoms with Gasteiger partial charge in [0.1, 0.15) is 17.8 Å². The number of alkyl halides is 3. The Morgan fingerprint density at radius 3 is 2.39 bits per heavy atom. The van der Waals surface area contributed by atoms with Crippen LogP contribution < -0.4 is 9.64 Å². The molecule has 178 valence electrons. The third-order valence-electron chi connectivity index (χ3n) is 5.80. The van der Waals surface area contributed by atoms with Gasteiger partial charge in [0.25, 0.3) is 0 Å². The normalized spacial score (nSPS) is 19.6. The maximum atomic E-state index is 13.2. The number of benzene rings is 2. The summed E-state index contributed by atoms with van der Waals surface area (Å²) in [6.45, 7) is 3.37. The van der Waals surface area contributed by atoms with Crippen LogP contribution in [0.1, 0.15) is 18.0 Å². The van der Waals surface area contributed by atoms with Crippen molar-refractivity contribution in [2.24, 2.45) is 0 Å². The Labute approximate surface area is 190 Å². The lowest BCUT2D eigenvalue weighted by molar-refractivity contribution is -0.153. The van der Waals surface area contributed by atoms with Crippen molar-refractivity contribution in [1.29, 1.82) is 0 Å². The molecule has 2 aliphatic rings.